The van der Waals surface area contributed by atoms with Gasteiger partial charge in [-0.05, 0) is 47.0 Å². The molecule has 1 aromatic heterocycles. The van der Waals surface area contributed by atoms with Gasteiger partial charge in [-0.25, -0.2) is 4.39 Å². The summed E-state index contributed by atoms with van der Waals surface area (Å²) < 4.78 is 15.8. The van der Waals surface area contributed by atoms with Gasteiger partial charge in [0.05, 0.1) is 11.2 Å². The molecule has 0 saturated carbocycles. The van der Waals surface area contributed by atoms with Gasteiger partial charge in [0.15, 0.2) is 0 Å². The molecule has 0 fully saturated rings. The molecule has 0 bridgehead atoms. The number of amides is 1. The number of anilines is 1. The Balaban J connectivity index is 1.71. The maximum atomic E-state index is 13.7. The Labute approximate surface area is 172 Å². The molecule has 29 heavy (non-hydrogen) atoms. The van der Waals surface area contributed by atoms with Crippen LogP contribution in [0.3, 0.4) is 0 Å². The maximum Gasteiger partial charge on any atom is 0.225 e. The van der Waals surface area contributed by atoms with Crippen LogP contribution in [0, 0.1) is 5.82 Å². The molecule has 1 aliphatic rings. The van der Waals surface area contributed by atoms with Crippen LogP contribution in [-0.4, -0.2) is 10.5 Å². The topological polar surface area (TPSA) is 34.0 Å². The quantitative estimate of drug-likeness (QED) is 0.449. The predicted octanol–water partition coefficient (Wildman–Crippen LogP) is 5.96. The zero-order valence-electron chi connectivity index (χ0n) is 15.5. The highest BCUT2D eigenvalue weighted by atomic mass is 35.5. The third-order valence-electron chi connectivity index (χ3n) is 5.50. The zero-order chi connectivity index (χ0) is 20.0. The van der Waals surface area contributed by atoms with E-state index >= 15 is 0 Å². The van der Waals surface area contributed by atoms with Crippen molar-refractivity contribution in [1.29, 1.82) is 0 Å². The molecule has 0 aliphatic carbocycles. The molecule has 3 aromatic carbocycles. The molecular formula is C24H18ClFN2O. The van der Waals surface area contributed by atoms with Crippen molar-refractivity contribution in [1.82, 2.24) is 4.57 Å². The number of hydrogen-bond donors (Lipinski definition) is 1. The van der Waals surface area contributed by atoms with Gasteiger partial charge in [0, 0.05) is 35.5 Å². The van der Waals surface area contributed by atoms with Gasteiger partial charge in [-0.1, -0.05) is 48.0 Å². The van der Waals surface area contributed by atoms with Crippen molar-refractivity contribution >= 4 is 34.1 Å². The highest BCUT2D eigenvalue weighted by Crippen LogP contribution is 2.42. The third-order valence-corrected chi connectivity index (χ3v) is 5.84. The summed E-state index contributed by atoms with van der Waals surface area (Å²) in [5.74, 6) is -0.430. The highest BCUT2D eigenvalue weighted by molar-refractivity contribution is 6.31. The van der Waals surface area contributed by atoms with Crippen LogP contribution >= 0.6 is 11.6 Å². The number of halogens is 2. The summed E-state index contributed by atoms with van der Waals surface area (Å²) in [4.78, 5) is 12.6. The maximum absolute atomic E-state index is 13.7. The lowest BCUT2D eigenvalue weighted by molar-refractivity contribution is -0.116. The molecule has 0 spiro atoms. The van der Waals surface area contributed by atoms with Gasteiger partial charge in [-0.2, -0.15) is 0 Å². The number of nitrogens with one attached hydrogen (secondary N) is 1. The summed E-state index contributed by atoms with van der Waals surface area (Å²) in [6, 6.07) is 20.2. The summed E-state index contributed by atoms with van der Waals surface area (Å²) in [7, 11) is 0. The molecule has 4 aromatic rings. The van der Waals surface area contributed by atoms with E-state index in [1.807, 2.05) is 48.5 Å². The first-order valence-electron chi connectivity index (χ1n) is 9.50. The number of nitrogens with zero attached hydrogens (tertiary/aromatic N) is 1. The van der Waals surface area contributed by atoms with Crippen LogP contribution in [0.5, 0.6) is 0 Å². The van der Waals surface area contributed by atoms with Gasteiger partial charge in [0.25, 0.3) is 0 Å². The van der Waals surface area contributed by atoms with Gasteiger partial charge in [0.2, 0.25) is 5.91 Å². The molecular weight excluding hydrogens is 387 g/mol. The van der Waals surface area contributed by atoms with E-state index in [1.165, 1.54) is 6.07 Å². The van der Waals surface area contributed by atoms with Crippen LogP contribution in [-0.2, 0) is 11.3 Å². The van der Waals surface area contributed by atoms with Crippen molar-refractivity contribution in [3.05, 3.63) is 100 Å². The first kappa shape index (κ1) is 18.0. The molecule has 1 N–H and O–H groups in total. The van der Waals surface area contributed by atoms with Crippen molar-refractivity contribution in [3.8, 4) is 0 Å². The molecule has 1 aliphatic heterocycles. The number of benzene rings is 3. The highest BCUT2D eigenvalue weighted by Gasteiger charge is 2.28. The van der Waals surface area contributed by atoms with Crippen LogP contribution in [0.2, 0.25) is 5.02 Å². The number of carbonyl (C=O) groups excluding carboxylic acids is 1. The van der Waals surface area contributed by atoms with Crippen LogP contribution in [0.25, 0.3) is 10.9 Å². The van der Waals surface area contributed by atoms with Gasteiger partial charge in [-0.15, -0.1) is 0 Å². The normalized spacial score (nSPS) is 15.9. The molecule has 3 nitrogen and oxygen atoms in total. The zero-order valence-corrected chi connectivity index (χ0v) is 16.3. The Morgan fingerprint density at radius 3 is 2.69 bits per heavy atom. The Hall–Kier alpha value is -3.11. The van der Waals surface area contributed by atoms with Gasteiger partial charge < -0.3 is 9.88 Å². The Bertz CT molecular complexity index is 1250. The van der Waals surface area contributed by atoms with E-state index in [2.05, 4.69) is 16.1 Å². The van der Waals surface area contributed by atoms with Gasteiger partial charge in [-0.3, -0.25) is 4.79 Å². The molecule has 5 rings (SSSR count). The average Bonchev–Trinajstić information content (AvgIpc) is 2.99. The average molecular weight is 405 g/mol. The molecule has 1 amide bonds. The second-order valence-corrected chi connectivity index (χ2v) is 7.78. The van der Waals surface area contributed by atoms with E-state index in [0.717, 1.165) is 33.3 Å². The molecule has 0 radical (unpaired) electrons. The van der Waals surface area contributed by atoms with Gasteiger partial charge in [0.1, 0.15) is 5.82 Å². The summed E-state index contributed by atoms with van der Waals surface area (Å²) in [5, 5.41) is 4.70. The van der Waals surface area contributed by atoms with E-state index in [0.29, 0.717) is 18.0 Å². The minimum atomic E-state index is -0.248. The summed E-state index contributed by atoms with van der Waals surface area (Å²) in [6.07, 6.45) is 2.39. The second-order valence-electron chi connectivity index (χ2n) is 7.37. The van der Waals surface area contributed by atoms with E-state index in [1.54, 1.807) is 12.1 Å². The SMILES string of the molecule is O=C1C[C@@H](c2ccccc2Cl)c2cn(Cc3cccc(F)c3)c3cccc(c23)N1. The Morgan fingerprint density at radius 2 is 1.86 bits per heavy atom. The van der Waals surface area contributed by atoms with Crippen LogP contribution in [0.15, 0.2) is 72.9 Å². The number of carbonyl (C=O) groups is 1. The first-order chi connectivity index (χ1) is 14.1. The van der Waals surface area contributed by atoms with Crippen LogP contribution in [0.1, 0.15) is 29.0 Å². The predicted molar refractivity (Wildman–Crippen MR) is 114 cm³/mol. The van der Waals surface area contributed by atoms with E-state index in [4.69, 9.17) is 11.6 Å². The number of hydrogen-bond acceptors (Lipinski definition) is 1. The first-order valence-corrected chi connectivity index (χ1v) is 9.88. The van der Waals surface area contributed by atoms with Crippen molar-refractivity contribution in [2.75, 3.05) is 5.32 Å². The molecule has 144 valence electrons. The number of aromatic nitrogens is 1. The Morgan fingerprint density at radius 1 is 1.03 bits per heavy atom. The summed E-state index contributed by atoms with van der Waals surface area (Å²) in [6.45, 7) is 0.543. The second kappa shape index (κ2) is 7.05. The van der Waals surface area contributed by atoms with Crippen LogP contribution in [0.4, 0.5) is 10.1 Å². The van der Waals surface area contributed by atoms with Crippen LogP contribution < -0.4 is 5.32 Å². The Kier molecular flexibility index (Phi) is 4.36. The van der Waals surface area contributed by atoms with Crippen molar-refractivity contribution < 1.29 is 9.18 Å². The van der Waals surface area contributed by atoms with Crippen molar-refractivity contribution in [3.63, 3.8) is 0 Å². The summed E-state index contributed by atoms with van der Waals surface area (Å²) >= 11 is 6.49. The molecule has 1 atom stereocenters. The monoisotopic (exact) mass is 404 g/mol. The minimum Gasteiger partial charge on any atom is -0.343 e. The molecule has 5 heteroatoms. The summed E-state index contributed by atoms with van der Waals surface area (Å²) in [5.41, 5.74) is 4.68. The fraction of sp³-hybridized carbons (Fsp3) is 0.125. The largest absolute Gasteiger partial charge is 0.343 e. The molecule has 0 unspecified atom stereocenters. The van der Waals surface area contributed by atoms with E-state index < -0.39 is 0 Å². The van der Waals surface area contributed by atoms with Crippen molar-refractivity contribution in [2.24, 2.45) is 0 Å². The lowest BCUT2D eigenvalue weighted by atomic mass is 9.88. The lowest BCUT2D eigenvalue weighted by Crippen LogP contribution is -2.14. The van der Waals surface area contributed by atoms with Gasteiger partial charge >= 0.3 is 0 Å². The molecule has 0 saturated heterocycles. The molecule has 2 heterocycles. The number of rotatable bonds is 3. The fourth-order valence-electron chi connectivity index (χ4n) is 4.25. The lowest BCUT2D eigenvalue weighted by Gasteiger charge is -2.16. The fourth-order valence-corrected chi connectivity index (χ4v) is 4.52. The smallest absolute Gasteiger partial charge is 0.225 e. The van der Waals surface area contributed by atoms with E-state index in [-0.39, 0.29) is 17.6 Å². The standard InChI is InChI=1S/C24H18ClFN2O/c25-20-8-2-1-7-17(20)18-12-23(29)27-21-9-4-10-22-24(21)19(18)14-28(22)13-15-5-3-6-16(26)11-15/h1-11,14,18H,12-13H2,(H,27,29)/t18-/m0/s1. The minimum absolute atomic E-state index is 0.0321. The van der Waals surface area contributed by atoms with E-state index in [9.17, 15) is 9.18 Å². The third kappa shape index (κ3) is 3.19. The van der Waals surface area contributed by atoms with Crippen molar-refractivity contribution in [2.45, 2.75) is 18.9 Å².